The number of ether oxygens (including phenoxy) is 1. The smallest absolute Gasteiger partial charge is 0.318 e. The number of halogens is 1. The summed E-state index contributed by atoms with van der Waals surface area (Å²) in [5.74, 6) is -0.291. The number of amides is 2. The fourth-order valence-corrected chi connectivity index (χ4v) is 3.17. The summed E-state index contributed by atoms with van der Waals surface area (Å²) in [6.45, 7) is 1.27. The maximum atomic E-state index is 13.3. The van der Waals surface area contributed by atoms with E-state index in [9.17, 15) is 9.18 Å². The van der Waals surface area contributed by atoms with Crippen LogP contribution >= 0.6 is 0 Å². The molecule has 3 rings (SSSR count). The van der Waals surface area contributed by atoms with Gasteiger partial charge in [0.2, 0.25) is 0 Å². The Hall–Kier alpha value is -2.40. The normalized spacial score (nSPS) is 17.9. The molecule has 0 spiro atoms. The number of hydrogen-bond donors (Lipinski definition) is 1. The van der Waals surface area contributed by atoms with E-state index in [2.05, 4.69) is 5.32 Å². The fraction of sp³-hybridized carbons (Fsp3) is 0.350. The third-order valence-electron chi connectivity index (χ3n) is 4.51. The molecule has 2 aromatic rings. The lowest BCUT2D eigenvalue weighted by atomic mass is 9.97. The van der Waals surface area contributed by atoms with Crippen LogP contribution < -0.4 is 5.32 Å². The zero-order valence-corrected chi connectivity index (χ0v) is 14.3. The minimum absolute atomic E-state index is 0.0957. The van der Waals surface area contributed by atoms with E-state index in [1.807, 2.05) is 30.3 Å². The lowest BCUT2D eigenvalue weighted by molar-refractivity contribution is 0.109. The van der Waals surface area contributed by atoms with E-state index in [1.165, 1.54) is 12.1 Å². The van der Waals surface area contributed by atoms with Crippen molar-refractivity contribution in [1.82, 2.24) is 10.2 Å². The standard InChI is InChI=1S/C20H23FN2O2/c1-23(20(24)22-14-18-8-5-13-25-18)19(15-6-3-2-4-7-15)16-9-11-17(21)12-10-16/h2-4,6-7,9-12,18-19H,5,8,13-14H2,1H3,(H,22,24). The number of carbonyl (C=O) groups excluding carboxylic acids is 1. The summed E-state index contributed by atoms with van der Waals surface area (Å²) in [6.07, 6.45) is 2.11. The van der Waals surface area contributed by atoms with Crippen molar-refractivity contribution in [2.24, 2.45) is 0 Å². The molecule has 0 radical (unpaired) electrons. The van der Waals surface area contributed by atoms with E-state index in [4.69, 9.17) is 4.74 Å². The van der Waals surface area contributed by atoms with Crippen molar-refractivity contribution < 1.29 is 13.9 Å². The third-order valence-corrected chi connectivity index (χ3v) is 4.51. The highest BCUT2D eigenvalue weighted by molar-refractivity contribution is 5.75. The molecule has 2 atom stereocenters. The van der Waals surface area contributed by atoms with Gasteiger partial charge in [-0.1, -0.05) is 42.5 Å². The van der Waals surface area contributed by atoms with Gasteiger partial charge < -0.3 is 15.0 Å². The minimum Gasteiger partial charge on any atom is -0.376 e. The number of urea groups is 1. The van der Waals surface area contributed by atoms with E-state index in [0.717, 1.165) is 30.6 Å². The first kappa shape index (κ1) is 17.4. The summed E-state index contributed by atoms with van der Waals surface area (Å²) < 4.78 is 18.9. The van der Waals surface area contributed by atoms with Gasteiger partial charge in [0.25, 0.3) is 0 Å². The highest BCUT2D eigenvalue weighted by atomic mass is 19.1. The summed E-state index contributed by atoms with van der Waals surface area (Å²) in [5.41, 5.74) is 1.84. The van der Waals surface area contributed by atoms with Gasteiger partial charge in [0.1, 0.15) is 5.82 Å². The summed E-state index contributed by atoms with van der Waals surface area (Å²) in [7, 11) is 1.76. The average Bonchev–Trinajstić information content (AvgIpc) is 3.16. The first-order chi connectivity index (χ1) is 12.1. The van der Waals surface area contributed by atoms with Crippen LogP contribution in [-0.2, 0) is 4.74 Å². The van der Waals surface area contributed by atoms with Crippen LogP contribution in [0, 0.1) is 5.82 Å². The van der Waals surface area contributed by atoms with Crippen LogP contribution in [0.5, 0.6) is 0 Å². The van der Waals surface area contributed by atoms with Gasteiger partial charge in [-0.25, -0.2) is 9.18 Å². The lowest BCUT2D eigenvalue weighted by Crippen LogP contribution is -2.42. The molecule has 2 unspecified atom stereocenters. The maximum Gasteiger partial charge on any atom is 0.318 e. The number of nitrogens with one attached hydrogen (secondary N) is 1. The van der Waals surface area contributed by atoms with Gasteiger partial charge in [0.15, 0.2) is 0 Å². The summed E-state index contributed by atoms with van der Waals surface area (Å²) in [4.78, 5) is 14.3. The van der Waals surface area contributed by atoms with Gasteiger partial charge in [0, 0.05) is 20.2 Å². The molecule has 1 N–H and O–H groups in total. The SMILES string of the molecule is CN(C(=O)NCC1CCCO1)C(c1ccccc1)c1ccc(F)cc1. The van der Waals surface area contributed by atoms with Gasteiger partial charge in [-0.05, 0) is 36.1 Å². The van der Waals surface area contributed by atoms with Crippen molar-refractivity contribution in [3.8, 4) is 0 Å². The molecule has 132 valence electrons. The summed E-state index contributed by atoms with van der Waals surface area (Å²) in [6, 6.07) is 15.6. The second kappa shape index (κ2) is 8.12. The van der Waals surface area contributed by atoms with Gasteiger partial charge in [-0.15, -0.1) is 0 Å². The fourth-order valence-electron chi connectivity index (χ4n) is 3.17. The molecule has 0 aliphatic carbocycles. The number of carbonyl (C=O) groups is 1. The van der Waals surface area contributed by atoms with Crippen molar-refractivity contribution in [1.29, 1.82) is 0 Å². The van der Waals surface area contributed by atoms with Crippen molar-refractivity contribution in [3.63, 3.8) is 0 Å². The van der Waals surface area contributed by atoms with Gasteiger partial charge >= 0.3 is 6.03 Å². The minimum atomic E-state index is -0.291. The second-order valence-electron chi connectivity index (χ2n) is 6.30. The molecule has 2 aromatic carbocycles. The van der Waals surface area contributed by atoms with E-state index in [0.29, 0.717) is 6.54 Å². The molecule has 25 heavy (non-hydrogen) atoms. The number of nitrogens with zero attached hydrogens (tertiary/aromatic N) is 1. The van der Waals surface area contributed by atoms with E-state index in [1.54, 1.807) is 24.1 Å². The zero-order chi connectivity index (χ0) is 17.6. The quantitative estimate of drug-likeness (QED) is 0.899. The van der Waals surface area contributed by atoms with Crippen LogP contribution in [0.15, 0.2) is 54.6 Å². The molecule has 0 saturated carbocycles. The van der Waals surface area contributed by atoms with Crippen LogP contribution in [0.3, 0.4) is 0 Å². The molecule has 4 nitrogen and oxygen atoms in total. The van der Waals surface area contributed by atoms with E-state index >= 15 is 0 Å². The van der Waals surface area contributed by atoms with Gasteiger partial charge in [-0.3, -0.25) is 0 Å². The first-order valence-electron chi connectivity index (χ1n) is 8.58. The number of rotatable bonds is 5. The molecule has 1 aliphatic heterocycles. The highest BCUT2D eigenvalue weighted by Gasteiger charge is 2.24. The molecule has 1 saturated heterocycles. The van der Waals surface area contributed by atoms with E-state index in [-0.39, 0.29) is 24.0 Å². The topological polar surface area (TPSA) is 41.6 Å². The summed E-state index contributed by atoms with van der Waals surface area (Å²) in [5, 5.41) is 2.94. The largest absolute Gasteiger partial charge is 0.376 e. The van der Waals surface area contributed by atoms with Crippen molar-refractivity contribution >= 4 is 6.03 Å². The zero-order valence-electron chi connectivity index (χ0n) is 14.3. The molecule has 1 heterocycles. The third kappa shape index (κ3) is 4.37. The van der Waals surface area contributed by atoms with Crippen LogP contribution in [0.25, 0.3) is 0 Å². The van der Waals surface area contributed by atoms with Crippen LogP contribution in [0.2, 0.25) is 0 Å². The Balaban J connectivity index is 1.78. The monoisotopic (exact) mass is 342 g/mol. The second-order valence-corrected chi connectivity index (χ2v) is 6.30. The van der Waals surface area contributed by atoms with Gasteiger partial charge in [0.05, 0.1) is 12.1 Å². The Morgan fingerprint density at radius 2 is 1.88 bits per heavy atom. The van der Waals surface area contributed by atoms with Crippen LogP contribution in [0.4, 0.5) is 9.18 Å². The highest BCUT2D eigenvalue weighted by Crippen LogP contribution is 2.27. The Morgan fingerprint density at radius 1 is 1.20 bits per heavy atom. The Morgan fingerprint density at radius 3 is 2.52 bits per heavy atom. The Labute approximate surface area is 147 Å². The van der Waals surface area contributed by atoms with Crippen molar-refractivity contribution in [2.45, 2.75) is 25.0 Å². The number of benzene rings is 2. The molecule has 5 heteroatoms. The van der Waals surface area contributed by atoms with Crippen LogP contribution in [-0.4, -0.2) is 37.2 Å². The Kier molecular flexibility index (Phi) is 5.66. The van der Waals surface area contributed by atoms with Gasteiger partial charge in [-0.2, -0.15) is 0 Å². The molecule has 0 aromatic heterocycles. The van der Waals surface area contributed by atoms with Crippen molar-refractivity contribution in [3.05, 3.63) is 71.5 Å². The molecular weight excluding hydrogens is 319 g/mol. The van der Waals surface area contributed by atoms with E-state index < -0.39 is 0 Å². The predicted molar refractivity (Wildman–Crippen MR) is 94.8 cm³/mol. The summed E-state index contributed by atoms with van der Waals surface area (Å²) >= 11 is 0. The van der Waals surface area contributed by atoms with Crippen molar-refractivity contribution in [2.75, 3.05) is 20.2 Å². The van der Waals surface area contributed by atoms with Crippen LogP contribution in [0.1, 0.15) is 30.0 Å². The maximum absolute atomic E-state index is 13.3. The molecule has 2 amide bonds. The molecular formula is C20H23FN2O2. The first-order valence-corrected chi connectivity index (χ1v) is 8.58. The molecule has 0 bridgehead atoms. The Bertz CT molecular complexity index is 685. The predicted octanol–water partition coefficient (Wildman–Crippen LogP) is 3.74. The lowest BCUT2D eigenvalue weighted by Gasteiger charge is -2.29. The molecule has 1 aliphatic rings. The number of hydrogen-bond acceptors (Lipinski definition) is 2. The average molecular weight is 342 g/mol. The molecule has 1 fully saturated rings.